The van der Waals surface area contributed by atoms with Gasteiger partial charge in [-0.1, -0.05) is 18.2 Å². The highest BCUT2D eigenvalue weighted by atomic mass is 16.6. The molecule has 5 nitrogen and oxygen atoms in total. The molecule has 0 aliphatic rings. The first-order valence-corrected chi connectivity index (χ1v) is 6.51. The first kappa shape index (κ1) is 14.1. The molecular weight excluding hydrogens is 258 g/mol. The van der Waals surface area contributed by atoms with Gasteiger partial charge in [0.15, 0.2) is 6.10 Å². The summed E-state index contributed by atoms with van der Waals surface area (Å²) in [6.45, 7) is 5.61. The maximum Gasteiger partial charge on any atom is 0.375 e. The fourth-order valence-electron chi connectivity index (χ4n) is 1.95. The normalized spacial score (nSPS) is 12.2. The van der Waals surface area contributed by atoms with Gasteiger partial charge in [0.05, 0.1) is 0 Å². The first-order valence-electron chi connectivity index (χ1n) is 6.51. The number of benzene rings is 1. The van der Waals surface area contributed by atoms with Gasteiger partial charge in [0.2, 0.25) is 5.76 Å². The van der Waals surface area contributed by atoms with Crippen molar-refractivity contribution in [3.63, 3.8) is 0 Å². The van der Waals surface area contributed by atoms with Crippen LogP contribution in [0.15, 0.2) is 28.7 Å². The molecule has 5 heteroatoms. The summed E-state index contributed by atoms with van der Waals surface area (Å²) in [5, 5.41) is 3.46. The van der Waals surface area contributed by atoms with Crippen molar-refractivity contribution < 1.29 is 18.7 Å². The van der Waals surface area contributed by atoms with Crippen LogP contribution < -0.4 is 5.32 Å². The van der Waals surface area contributed by atoms with Crippen molar-refractivity contribution >= 4 is 22.8 Å². The predicted molar refractivity (Wildman–Crippen MR) is 74.5 cm³/mol. The highest BCUT2D eigenvalue weighted by Crippen LogP contribution is 2.25. The fraction of sp³-hybridized carbons (Fsp3) is 0.333. The van der Waals surface area contributed by atoms with Crippen LogP contribution in [0.1, 0.15) is 30.0 Å². The van der Waals surface area contributed by atoms with Gasteiger partial charge in [0, 0.05) is 17.5 Å². The molecule has 0 radical (unpaired) electrons. The number of hydrogen-bond donors (Lipinski definition) is 1. The molecule has 2 rings (SSSR count). The highest BCUT2D eigenvalue weighted by Gasteiger charge is 2.23. The number of fused-ring (bicyclic) bond motifs is 1. The molecule has 1 amide bonds. The van der Waals surface area contributed by atoms with Crippen LogP contribution in [0.3, 0.4) is 0 Å². The second kappa shape index (κ2) is 5.77. The molecule has 1 heterocycles. The average molecular weight is 275 g/mol. The number of hydrogen-bond acceptors (Lipinski definition) is 4. The van der Waals surface area contributed by atoms with Crippen LogP contribution in [0, 0.1) is 6.92 Å². The molecule has 0 fully saturated rings. The molecule has 20 heavy (non-hydrogen) atoms. The number of aryl methyl sites for hydroxylation is 1. The Labute approximate surface area is 116 Å². The van der Waals surface area contributed by atoms with E-state index in [1.807, 2.05) is 18.2 Å². The Bertz CT molecular complexity index is 644. The van der Waals surface area contributed by atoms with Gasteiger partial charge in [-0.25, -0.2) is 4.79 Å². The van der Waals surface area contributed by atoms with E-state index >= 15 is 0 Å². The largest absolute Gasteiger partial charge is 0.449 e. The zero-order valence-corrected chi connectivity index (χ0v) is 11.7. The van der Waals surface area contributed by atoms with Crippen molar-refractivity contribution in [1.82, 2.24) is 5.32 Å². The minimum absolute atomic E-state index is 0.141. The van der Waals surface area contributed by atoms with Crippen LogP contribution in [0.5, 0.6) is 0 Å². The van der Waals surface area contributed by atoms with Crippen LogP contribution in [0.4, 0.5) is 0 Å². The lowest BCUT2D eigenvalue weighted by Crippen LogP contribution is -2.35. The summed E-state index contributed by atoms with van der Waals surface area (Å²) in [4.78, 5) is 23.6. The van der Waals surface area contributed by atoms with Gasteiger partial charge < -0.3 is 14.5 Å². The summed E-state index contributed by atoms with van der Waals surface area (Å²) >= 11 is 0. The van der Waals surface area contributed by atoms with Gasteiger partial charge in [0.1, 0.15) is 5.58 Å². The molecule has 1 atom stereocenters. The highest BCUT2D eigenvalue weighted by molar-refractivity contribution is 5.97. The molecule has 1 N–H and O–H groups in total. The quantitative estimate of drug-likeness (QED) is 0.870. The summed E-state index contributed by atoms with van der Waals surface area (Å²) in [5.74, 6) is -0.811. The van der Waals surface area contributed by atoms with Gasteiger partial charge in [-0.05, 0) is 26.8 Å². The number of likely N-dealkylation sites (N-methyl/N-ethyl adjacent to an activating group) is 1. The molecular formula is C15H17NO4. The van der Waals surface area contributed by atoms with Crippen LogP contribution >= 0.6 is 0 Å². The molecule has 1 aromatic heterocycles. The Morgan fingerprint density at radius 3 is 2.70 bits per heavy atom. The van der Waals surface area contributed by atoms with Crippen LogP contribution in [-0.2, 0) is 9.53 Å². The second-order valence-electron chi connectivity index (χ2n) is 4.49. The van der Waals surface area contributed by atoms with E-state index in [-0.39, 0.29) is 11.7 Å². The number of nitrogens with one attached hydrogen (secondary N) is 1. The molecule has 2 aromatic rings. The summed E-state index contributed by atoms with van der Waals surface area (Å²) in [5.41, 5.74) is 1.34. The van der Waals surface area contributed by atoms with E-state index in [1.165, 1.54) is 6.92 Å². The Kier molecular flexibility index (Phi) is 4.08. The van der Waals surface area contributed by atoms with Gasteiger partial charge in [-0.15, -0.1) is 0 Å². The molecule has 0 aliphatic carbocycles. The fourth-order valence-corrected chi connectivity index (χ4v) is 1.95. The number of ether oxygens (including phenoxy) is 1. The number of para-hydroxylation sites is 1. The summed E-state index contributed by atoms with van der Waals surface area (Å²) < 4.78 is 10.6. The van der Waals surface area contributed by atoms with Crippen molar-refractivity contribution in [2.45, 2.75) is 26.9 Å². The SMILES string of the molecule is CCNC(=O)[C@@H](C)OC(=O)c1oc2ccccc2c1C. The van der Waals surface area contributed by atoms with Crippen molar-refractivity contribution in [3.8, 4) is 0 Å². The monoisotopic (exact) mass is 275 g/mol. The Balaban J connectivity index is 2.19. The molecule has 0 aliphatic heterocycles. The van der Waals surface area contributed by atoms with E-state index in [0.29, 0.717) is 17.7 Å². The van der Waals surface area contributed by atoms with Crippen molar-refractivity contribution in [1.29, 1.82) is 0 Å². The number of rotatable bonds is 4. The maximum absolute atomic E-state index is 12.1. The lowest BCUT2D eigenvalue weighted by Gasteiger charge is -2.11. The number of esters is 1. The third-order valence-electron chi connectivity index (χ3n) is 3.03. The Hall–Kier alpha value is -2.30. The van der Waals surface area contributed by atoms with Crippen LogP contribution in [0.2, 0.25) is 0 Å². The van der Waals surface area contributed by atoms with E-state index in [4.69, 9.17) is 9.15 Å². The molecule has 0 saturated heterocycles. The van der Waals surface area contributed by atoms with E-state index in [9.17, 15) is 9.59 Å². The second-order valence-corrected chi connectivity index (χ2v) is 4.49. The van der Waals surface area contributed by atoms with Gasteiger partial charge in [0.25, 0.3) is 5.91 Å². The standard InChI is InChI=1S/C15H17NO4/c1-4-16-14(17)10(3)19-15(18)13-9(2)11-7-5-6-8-12(11)20-13/h5-8,10H,4H2,1-3H3,(H,16,17)/t10-/m1/s1. The summed E-state index contributed by atoms with van der Waals surface area (Å²) in [6, 6.07) is 7.36. The third kappa shape index (κ3) is 2.66. The number of carbonyl (C=O) groups excluding carboxylic acids is 2. The molecule has 0 saturated carbocycles. The molecule has 0 spiro atoms. The minimum Gasteiger partial charge on any atom is -0.449 e. The van der Waals surface area contributed by atoms with E-state index in [2.05, 4.69) is 5.32 Å². The number of carbonyl (C=O) groups is 2. The van der Waals surface area contributed by atoms with E-state index in [1.54, 1.807) is 19.9 Å². The minimum atomic E-state index is -0.852. The van der Waals surface area contributed by atoms with Crippen molar-refractivity contribution in [3.05, 3.63) is 35.6 Å². The van der Waals surface area contributed by atoms with Crippen LogP contribution in [-0.4, -0.2) is 24.5 Å². The van der Waals surface area contributed by atoms with Gasteiger partial charge in [-0.3, -0.25) is 4.79 Å². The summed E-state index contributed by atoms with van der Waals surface area (Å²) in [7, 11) is 0. The molecule has 0 bridgehead atoms. The zero-order valence-electron chi connectivity index (χ0n) is 11.7. The topological polar surface area (TPSA) is 68.5 Å². The first-order chi connectivity index (χ1) is 9.54. The van der Waals surface area contributed by atoms with Crippen molar-refractivity contribution in [2.24, 2.45) is 0 Å². The van der Waals surface area contributed by atoms with E-state index < -0.39 is 12.1 Å². The molecule has 1 aromatic carbocycles. The zero-order chi connectivity index (χ0) is 14.7. The number of furan rings is 1. The molecule has 0 unspecified atom stereocenters. The van der Waals surface area contributed by atoms with Gasteiger partial charge >= 0.3 is 5.97 Å². The lowest BCUT2D eigenvalue weighted by atomic mass is 10.1. The molecule has 106 valence electrons. The summed E-state index contributed by atoms with van der Waals surface area (Å²) in [6.07, 6.45) is -0.852. The Morgan fingerprint density at radius 1 is 1.35 bits per heavy atom. The number of amides is 1. The Morgan fingerprint density at radius 2 is 2.05 bits per heavy atom. The van der Waals surface area contributed by atoms with Crippen molar-refractivity contribution in [2.75, 3.05) is 6.54 Å². The average Bonchev–Trinajstić information content (AvgIpc) is 2.77. The maximum atomic E-state index is 12.1. The van der Waals surface area contributed by atoms with Crippen LogP contribution in [0.25, 0.3) is 11.0 Å². The lowest BCUT2D eigenvalue weighted by molar-refractivity contribution is -0.129. The van der Waals surface area contributed by atoms with E-state index in [0.717, 1.165) is 5.39 Å². The third-order valence-corrected chi connectivity index (χ3v) is 3.03. The van der Waals surface area contributed by atoms with Gasteiger partial charge in [-0.2, -0.15) is 0 Å². The smallest absolute Gasteiger partial charge is 0.375 e. The predicted octanol–water partition coefficient (Wildman–Crippen LogP) is 2.42.